The summed E-state index contributed by atoms with van der Waals surface area (Å²) in [6, 6.07) is -1.69. The first-order valence-electron chi connectivity index (χ1n) is 3.12. The molecule has 0 saturated carbocycles. The molecule has 62 valence electrons. The molecule has 11 heavy (non-hydrogen) atoms. The molecule has 6 heteroatoms. The molecule has 0 bridgehead atoms. The largest absolute Gasteiger partial charge is 0.480 e. The quantitative estimate of drug-likeness (QED) is 0.355. The van der Waals surface area contributed by atoms with Crippen LogP contribution in [0.5, 0.6) is 0 Å². The normalized spacial score (nSPS) is 30.2. The third kappa shape index (κ3) is 1.47. The van der Waals surface area contributed by atoms with E-state index in [9.17, 15) is 9.59 Å². The van der Waals surface area contributed by atoms with Gasteiger partial charge in [-0.1, -0.05) is 0 Å². The Balaban J connectivity index is 2.65. The first-order chi connectivity index (χ1) is 5.13. The lowest BCUT2D eigenvalue weighted by Gasteiger charge is -2.10. The highest BCUT2D eigenvalue weighted by Gasteiger charge is 2.35. The molecule has 1 fully saturated rings. The molecule has 1 aliphatic rings. The van der Waals surface area contributed by atoms with Gasteiger partial charge in [0, 0.05) is 6.67 Å². The van der Waals surface area contributed by atoms with Crippen molar-refractivity contribution in [3.63, 3.8) is 0 Å². The molecule has 0 radical (unpaired) electrons. The van der Waals surface area contributed by atoms with Crippen molar-refractivity contribution in [3.8, 4) is 0 Å². The lowest BCUT2D eigenvalue weighted by molar-refractivity contribution is -0.141. The molecule has 5 N–H and O–H groups in total. The molecule has 0 aliphatic carbocycles. The molecule has 1 amide bonds. The average Bonchev–Trinajstić information content (AvgIpc) is 2.32. The Hall–Kier alpha value is -1.14. The first kappa shape index (κ1) is 7.96. The van der Waals surface area contributed by atoms with Gasteiger partial charge in [-0.25, -0.2) is 0 Å². The summed E-state index contributed by atoms with van der Waals surface area (Å²) in [7, 11) is 0. The van der Waals surface area contributed by atoms with Crippen molar-refractivity contribution >= 4 is 11.9 Å². The highest BCUT2D eigenvalue weighted by atomic mass is 16.4. The van der Waals surface area contributed by atoms with Crippen LogP contribution in [0.1, 0.15) is 0 Å². The second-order valence-corrected chi connectivity index (χ2v) is 2.28. The Labute approximate surface area is 62.8 Å². The molecular weight excluding hydrogens is 150 g/mol. The maximum absolute atomic E-state index is 10.6. The van der Waals surface area contributed by atoms with Gasteiger partial charge in [0.1, 0.15) is 12.1 Å². The fourth-order valence-corrected chi connectivity index (χ4v) is 1.01. The fourth-order valence-electron chi connectivity index (χ4n) is 1.01. The average molecular weight is 159 g/mol. The van der Waals surface area contributed by atoms with E-state index >= 15 is 0 Å². The van der Waals surface area contributed by atoms with Crippen LogP contribution in [0, 0.1) is 0 Å². The highest BCUT2D eigenvalue weighted by Crippen LogP contribution is 1.98. The van der Waals surface area contributed by atoms with E-state index < -0.39 is 24.0 Å². The minimum absolute atomic E-state index is 0.296. The van der Waals surface area contributed by atoms with Gasteiger partial charge >= 0.3 is 5.97 Å². The van der Waals surface area contributed by atoms with Crippen LogP contribution in [-0.2, 0) is 9.59 Å². The molecule has 0 spiro atoms. The molecular formula is C5H9N3O3. The Bertz CT molecular complexity index is 173. The van der Waals surface area contributed by atoms with Gasteiger partial charge in [-0.2, -0.15) is 0 Å². The Kier molecular flexibility index (Phi) is 2.06. The van der Waals surface area contributed by atoms with Crippen molar-refractivity contribution in [1.29, 1.82) is 0 Å². The predicted molar refractivity (Wildman–Crippen MR) is 35.5 cm³/mol. The standard InChI is InChI=1S/C5H9N3O3/c6-4(9)2-3(5(10)11)8-1-7-2/h2-3,7-8H,1H2,(H2,6,9)(H,10,11). The van der Waals surface area contributed by atoms with E-state index in [-0.39, 0.29) is 0 Å². The van der Waals surface area contributed by atoms with Gasteiger partial charge in [0.2, 0.25) is 5.91 Å². The van der Waals surface area contributed by atoms with E-state index in [1.54, 1.807) is 0 Å². The van der Waals surface area contributed by atoms with Crippen LogP contribution in [0.3, 0.4) is 0 Å². The van der Waals surface area contributed by atoms with Gasteiger partial charge in [-0.3, -0.25) is 20.2 Å². The number of amides is 1. The maximum Gasteiger partial charge on any atom is 0.322 e. The Morgan fingerprint density at radius 2 is 1.91 bits per heavy atom. The summed E-state index contributed by atoms with van der Waals surface area (Å²) in [5.74, 6) is -1.72. The second kappa shape index (κ2) is 2.85. The maximum atomic E-state index is 10.6. The monoisotopic (exact) mass is 159 g/mol. The molecule has 6 nitrogen and oxygen atoms in total. The smallest absolute Gasteiger partial charge is 0.322 e. The summed E-state index contributed by atoms with van der Waals surface area (Å²) < 4.78 is 0. The summed E-state index contributed by atoms with van der Waals surface area (Å²) >= 11 is 0. The lowest BCUT2D eigenvalue weighted by atomic mass is 10.1. The highest BCUT2D eigenvalue weighted by molar-refractivity contribution is 5.89. The summed E-state index contributed by atoms with van der Waals surface area (Å²) in [5, 5.41) is 13.7. The van der Waals surface area contributed by atoms with E-state index in [4.69, 9.17) is 10.8 Å². The van der Waals surface area contributed by atoms with Gasteiger partial charge in [-0.15, -0.1) is 0 Å². The summed E-state index contributed by atoms with van der Waals surface area (Å²) in [5.41, 5.74) is 4.92. The molecule has 0 aromatic heterocycles. The Morgan fingerprint density at radius 1 is 1.36 bits per heavy atom. The predicted octanol–water partition coefficient (Wildman–Crippen LogP) is -2.56. The molecule has 1 rings (SSSR count). The minimum Gasteiger partial charge on any atom is -0.480 e. The number of carboxylic acids is 1. The zero-order valence-electron chi connectivity index (χ0n) is 5.70. The number of rotatable bonds is 2. The van der Waals surface area contributed by atoms with Crippen LogP contribution in [0.15, 0.2) is 0 Å². The molecule has 2 atom stereocenters. The van der Waals surface area contributed by atoms with Crippen molar-refractivity contribution in [3.05, 3.63) is 0 Å². The van der Waals surface area contributed by atoms with Crippen molar-refractivity contribution in [2.45, 2.75) is 12.1 Å². The van der Waals surface area contributed by atoms with Crippen molar-refractivity contribution < 1.29 is 14.7 Å². The summed E-state index contributed by atoms with van der Waals surface area (Å²) in [4.78, 5) is 21.0. The fraction of sp³-hybridized carbons (Fsp3) is 0.600. The minimum atomic E-state index is -1.07. The molecule has 1 aliphatic heterocycles. The van der Waals surface area contributed by atoms with Gasteiger partial charge < -0.3 is 10.8 Å². The Morgan fingerprint density at radius 3 is 2.27 bits per heavy atom. The number of hydrogen-bond acceptors (Lipinski definition) is 4. The molecule has 0 aromatic rings. The van der Waals surface area contributed by atoms with E-state index in [1.807, 2.05) is 0 Å². The lowest BCUT2D eigenvalue weighted by Crippen LogP contribution is -2.48. The van der Waals surface area contributed by atoms with Crippen LogP contribution in [0.4, 0.5) is 0 Å². The van der Waals surface area contributed by atoms with Crippen molar-refractivity contribution in [2.24, 2.45) is 5.73 Å². The molecule has 1 saturated heterocycles. The van der Waals surface area contributed by atoms with Crippen molar-refractivity contribution in [2.75, 3.05) is 6.67 Å². The van der Waals surface area contributed by atoms with Crippen LogP contribution in [0.2, 0.25) is 0 Å². The number of primary amides is 1. The van der Waals surface area contributed by atoms with Crippen LogP contribution < -0.4 is 16.4 Å². The number of carbonyl (C=O) groups excluding carboxylic acids is 1. The van der Waals surface area contributed by atoms with E-state index in [0.717, 1.165) is 0 Å². The SMILES string of the molecule is NC(=O)C1NCNC1C(=O)O. The number of aliphatic carboxylic acids is 1. The molecule has 0 aromatic carbocycles. The summed E-state index contributed by atoms with van der Waals surface area (Å²) in [6.45, 7) is 0.296. The zero-order valence-corrected chi connectivity index (χ0v) is 5.70. The third-order valence-electron chi connectivity index (χ3n) is 1.55. The number of carboxylic acid groups (broad SMARTS) is 1. The van der Waals surface area contributed by atoms with Gasteiger partial charge in [-0.05, 0) is 0 Å². The topological polar surface area (TPSA) is 104 Å². The third-order valence-corrected chi connectivity index (χ3v) is 1.55. The van der Waals surface area contributed by atoms with Crippen LogP contribution >= 0.6 is 0 Å². The second-order valence-electron chi connectivity index (χ2n) is 2.28. The van der Waals surface area contributed by atoms with Crippen LogP contribution in [0.25, 0.3) is 0 Å². The van der Waals surface area contributed by atoms with Gasteiger partial charge in [0.05, 0.1) is 0 Å². The van der Waals surface area contributed by atoms with Crippen molar-refractivity contribution in [1.82, 2.24) is 10.6 Å². The van der Waals surface area contributed by atoms with E-state index in [1.165, 1.54) is 0 Å². The number of carbonyl (C=O) groups is 2. The van der Waals surface area contributed by atoms with Gasteiger partial charge in [0.25, 0.3) is 0 Å². The number of nitrogens with one attached hydrogen (secondary N) is 2. The van der Waals surface area contributed by atoms with E-state index in [2.05, 4.69) is 10.6 Å². The summed E-state index contributed by atoms with van der Waals surface area (Å²) in [6.07, 6.45) is 0. The molecule has 2 unspecified atom stereocenters. The molecule has 1 heterocycles. The van der Waals surface area contributed by atoms with E-state index in [0.29, 0.717) is 6.67 Å². The zero-order chi connectivity index (χ0) is 8.43. The first-order valence-corrected chi connectivity index (χ1v) is 3.12. The number of hydrogen-bond donors (Lipinski definition) is 4. The van der Waals surface area contributed by atoms with Gasteiger partial charge in [0.15, 0.2) is 0 Å². The number of nitrogens with two attached hydrogens (primary N) is 1. The van der Waals surface area contributed by atoms with Crippen LogP contribution in [-0.4, -0.2) is 35.7 Å².